The second kappa shape index (κ2) is 7.09. The average Bonchev–Trinajstić information content (AvgIpc) is 2.90. The lowest BCUT2D eigenvalue weighted by atomic mass is 9.43. The smallest absolute Gasteiger partial charge is 0.0738 e. The summed E-state index contributed by atoms with van der Waals surface area (Å²) in [4.78, 5) is 0. The highest BCUT2D eigenvalue weighted by Gasteiger charge is 2.66. The molecule has 4 heteroatoms. The lowest BCUT2D eigenvalue weighted by Gasteiger charge is -2.63. The van der Waals surface area contributed by atoms with E-state index in [1.54, 1.807) is 6.21 Å². The summed E-state index contributed by atoms with van der Waals surface area (Å²) >= 11 is 0. The SMILES string of the molecule is CC.C[C@]12CC[C@H](O)C[C@H]1CCC1C2CC[C@]2(C)[C@@H](/C=N\O)CC[C@]12O. The second-order valence-corrected chi connectivity index (χ2v) is 9.71. The summed E-state index contributed by atoms with van der Waals surface area (Å²) in [6.45, 7) is 8.66. The van der Waals surface area contributed by atoms with Gasteiger partial charge in [0.15, 0.2) is 0 Å². The first-order valence-corrected chi connectivity index (χ1v) is 10.9. The third-order valence-corrected chi connectivity index (χ3v) is 9.14. The molecule has 26 heavy (non-hydrogen) atoms. The predicted molar refractivity (Wildman–Crippen MR) is 104 cm³/mol. The summed E-state index contributed by atoms with van der Waals surface area (Å²) in [5.41, 5.74) is -0.494. The Morgan fingerprint density at radius 3 is 2.35 bits per heavy atom. The van der Waals surface area contributed by atoms with E-state index in [4.69, 9.17) is 5.21 Å². The van der Waals surface area contributed by atoms with Gasteiger partial charge in [0.25, 0.3) is 0 Å². The monoisotopic (exact) mass is 365 g/mol. The Hall–Kier alpha value is -0.610. The van der Waals surface area contributed by atoms with Gasteiger partial charge in [0.05, 0.1) is 11.7 Å². The van der Waals surface area contributed by atoms with E-state index in [-0.39, 0.29) is 22.9 Å². The van der Waals surface area contributed by atoms with Crippen molar-refractivity contribution in [2.45, 2.75) is 97.2 Å². The van der Waals surface area contributed by atoms with Crippen LogP contribution in [0.3, 0.4) is 0 Å². The predicted octanol–water partition coefficient (Wildman–Crippen LogP) is 4.61. The number of nitrogens with zero attached hydrogens (tertiary/aromatic N) is 1. The summed E-state index contributed by atoms with van der Waals surface area (Å²) in [6, 6.07) is 0. The summed E-state index contributed by atoms with van der Waals surface area (Å²) in [7, 11) is 0. The maximum Gasteiger partial charge on any atom is 0.0738 e. The van der Waals surface area contributed by atoms with Crippen LogP contribution in [0.2, 0.25) is 0 Å². The van der Waals surface area contributed by atoms with Crippen LogP contribution >= 0.6 is 0 Å². The number of rotatable bonds is 1. The molecule has 2 unspecified atom stereocenters. The zero-order valence-corrected chi connectivity index (χ0v) is 17.1. The van der Waals surface area contributed by atoms with E-state index in [1.807, 2.05) is 13.8 Å². The Morgan fingerprint density at radius 1 is 0.923 bits per heavy atom. The molecule has 0 aromatic heterocycles. The fourth-order valence-corrected chi connectivity index (χ4v) is 7.56. The Balaban J connectivity index is 0.000000948. The molecule has 4 nitrogen and oxygen atoms in total. The van der Waals surface area contributed by atoms with Gasteiger partial charge in [-0.1, -0.05) is 27.7 Å². The van der Waals surface area contributed by atoms with E-state index in [2.05, 4.69) is 19.0 Å². The highest BCUT2D eigenvalue weighted by atomic mass is 16.4. The van der Waals surface area contributed by atoms with Crippen LogP contribution in [-0.2, 0) is 0 Å². The zero-order valence-electron chi connectivity index (χ0n) is 17.1. The van der Waals surface area contributed by atoms with Gasteiger partial charge in [0.1, 0.15) is 0 Å². The minimum atomic E-state index is -0.619. The van der Waals surface area contributed by atoms with Gasteiger partial charge in [-0.3, -0.25) is 0 Å². The van der Waals surface area contributed by atoms with Crippen molar-refractivity contribution in [2.24, 2.45) is 39.7 Å². The van der Waals surface area contributed by atoms with Crippen molar-refractivity contribution in [3.63, 3.8) is 0 Å². The molecular formula is C22H39NO3. The van der Waals surface area contributed by atoms with Crippen molar-refractivity contribution in [2.75, 3.05) is 0 Å². The number of hydrogen-bond acceptors (Lipinski definition) is 4. The van der Waals surface area contributed by atoms with Gasteiger partial charge in [0.2, 0.25) is 0 Å². The van der Waals surface area contributed by atoms with E-state index >= 15 is 0 Å². The average molecular weight is 366 g/mol. The van der Waals surface area contributed by atoms with Crippen molar-refractivity contribution in [1.82, 2.24) is 0 Å². The van der Waals surface area contributed by atoms with Gasteiger partial charge >= 0.3 is 0 Å². The molecule has 0 heterocycles. The molecule has 4 aliphatic rings. The Morgan fingerprint density at radius 2 is 1.65 bits per heavy atom. The minimum absolute atomic E-state index is 0.117. The molecule has 0 radical (unpaired) electrons. The fraction of sp³-hybridized carbons (Fsp3) is 0.955. The van der Waals surface area contributed by atoms with Crippen LogP contribution in [0.5, 0.6) is 0 Å². The molecule has 0 aromatic rings. The molecule has 0 amide bonds. The van der Waals surface area contributed by atoms with E-state index in [0.717, 1.165) is 51.4 Å². The number of oxime groups is 1. The molecule has 4 aliphatic carbocycles. The second-order valence-electron chi connectivity index (χ2n) is 9.71. The summed E-state index contributed by atoms with van der Waals surface area (Å²) in [5.74, 6) is 1.75. The molecule has 0 spiro atoms. The van der Waals surface area contributed by atoms with Crippen LogP contribution in [0.1, 0.15) is 85.5 Å². The van der Waals surface area contributed by atoms with E-state index in [0.29, 0.717) is 17.8 Å². The maximum absolute atomic E-state index is 11.8. The largest absolute Gasteiger partial charge is 0.411 e. The molecule has 0 saturated heterocycles. The van der Waals surface area contributed by atoms with Crippen LogP contribution in [0.25, 0.3) is 0 Å². The van der Waals surface area contributed by atoms with Crippen LogP contribution < -0.4 is 0 Å². The quantitative estimate of drug-likeness (QED) is 0.361. The molecule has 0 aliphatic heterocycles. The van der Waals surface area contributed by atoms with Crippen molar-refractivity contribution in [3.05, 3.63) is 0 Å². The lowest BCUT2D eigenvalue weighted by Crippen LogP contribution is -2.62. The maximum atomic E-state index is 11.8. The first-order chi connectivity index (χ1) is 12.3. The van der Waals surface area contributed by atoms with E-state index in [1.165, 1.54) is 6.42 Å². The first kappa shape index (κ1) is 20.1. The fourth-order valence-electron chi connectivity index (χ4n) is 7.56. The molecule has 4 rings (SSSR count). The van der Waals surface area contributed by atoms with Crippen molar-refractivity contribution < 1.29 is 15.4 Å². The van der Waals surface area contributed by atoms with Gasteiger partial charge in [-0.25, -0.2) is 0 Å². The van der Waals surface area contributed by atoms with Gasteiger partial charge < -0.3 is 15.4 Å². The normalized spacial score (nSPS) is 53.2. The van der Waals surface area contributed by atoms with Crippen LogP contribution in [0.15, 0.2) is 5.16 Å². The zero-order chi connectivity index (χ0) is 19.2. The number of aliphatic hydroxyl groups is 2. The van der Waals surface area contributed by atoms with Gasteiger partial charge in [0, 0.05) is 17.5 Å². The molecule has 4 fully saturated rings. The molecule has 4 saturated carbocycles. The lowest BCUT2D eigenvalue weighted by molar-refractivity contribution is -0.206. The minimum Gasteiger partial charge on any atom is -0.411 e. The van der Waals surface area contributed by atoms with Gasteiger partial charge in [-0.2, -0.15) is 0 Å². The summed E-state index contributed by atoms with van der Waals surface area (Å²) < 4.78 is 0. The molecular weight excluding hydrogens is 326 g/mol. The van der Waals surface area contributed by atoms with Crippen LogP contribution in [0, 0.1) is 34.5 Å². The molecule has 0 aromatic carbocycles. The third-order valence-electron chi connectivity index (χ3n) is 9.14. The number of fused-ring (bicyclic) bond motifs is 5. The van der Waals surface area contributed by atoms with Crippen molar-refractivity contribution >= 4 is 6.21 Å². The van der Waals surface area contributed by atoms with Crippen molar-refractivity contribution in [1.29, 1.82) is 0 Å². The van der Waals surface area contributed by atoms with Crippen LogP contribution in [-0.4, -0.2) is 33.3 Å². The van der Waals surface area contributed by atoms with Crippen molar-refractivity contribution in [3.8, 4) is 0 Å². The number of hydrogen-bond donors (Lipinski definition) is 3. The Kier molecular flexibility index (Phi) is 5.49. The van der Waals surface area contributed by atoms with Gasteiger partial charge in [-0.15, -0.1) is 5.16 Å². The topological polar surface area (TPSA) is 73.1 Å². The Bertz CT molecular complexity index is 537. The van der Waals surface area contributed by atoms with Gasteiger partial charge in [-0.05, 0) is 81.0 Å². The third kappa shape index (κ3) is 2.66. The molecule has 0 bridgehead atoms. The molecule has 150 valence electrons. The highest BCUT2D eigenvalue weighted by molar-refractivity contribution is 5.62. The van der Waals surface area contributed by atoms with E-state index < -0.39 is 5.60 Å². The molecule has 3 N–H and O–H groups in total. The highest BCUT2D eigenvalue weighted by Crippen LogP contribution is 2.68. The van der Waals surface area contributed by atoms with E-state index in [9.17, 15) is 10.2 Å². The summed E-state index contributed by atoms with van der Waals surface area (Å²) in [5, 5.41) is 34.3. The van der Waals surface area contributed by atoms with Crippen LogP contribution in [0.4, 0.5) is 0 Å². The standard InChI is InChI=1S/C20H33NO3.C2H6/c1-18-8-6-15(22)11-13(18)3-4-17-16(18)7-9-19(2)14(12-21-24)5-10-20(17,19)23;1-2/h12-17,22-24H,3-11H2,1-2H3;1-2H3/b21-12-;/t13-,14-,15+,16?,17?,18+,19-,20+;/m1./s1. The number of aliphatic hydroxyl groups excluding tert-OH is 1. The Labute approximate surface area is 159 Å². The summed E-state index contributed by atoms with van der Waals surface area (Å²) in [6.07, 6.45) is 10.7. The first-order valence-electron chi connectivity index (χ1n) is 10.9. The molecule has 8 atom stereocenters.